The number of halogens is 1. The molecule has 0 aliphatic heterocycles. The molecule has 1 amide bonds. The molecule has 0 aliphatic rings. The van der Waals surface area contributed by atoms with Crippen molar-refractivity contribution in [1.82, 2.24) is 5.32 Å². The maximum atomic E-state index is 11.8. The van der Waals surface area contributed by atoms with Gasteiger partial charge in [-0.3, -0.25) is 4.79 Å². The van der Waals surface area contributed by atoms with Crippen LogP contribution in [0.1, 0.15) is 24.2 Å². The van der Waals surface area contributed by atoms with Crippen molar-refractivity contribution >= 4 is 28.5 Å². The van der Waals surface area contributed by atoms with Crippen molar-refractivity contribution in [3.8, 4) is 6.07 Å². The number of nitriles is 1. The molecule has 1 rings (SSSR count). The van der Waals surface area contributed by atoms with E-state index in [2.05, 4.69) is 27.9 Å². The van der Waals surface area contributed by atoms with Crippen LogP contribution in [0.15, 0.2) is 24.3 Å². The first-order chi connectivity index (χ1) is 6.96. The molecule has 78 valence electrons. The van der Waals surface area contributed by atoms with Crippen LogP contribution in [0.2, 0.25) is 0 Å². The molecule has 3 nitrogen and oxygen atoms in total. The summed E-state index contributed by atoms with van der Waals surface area (Å²) in [6.45, 7) is 3.33. The van der Waals surface area contributed by atoms with Crippen LogP contribution in [0, 0.1) is 14.9 Å². The molecule has 1 aromatic rings. The molecule has 0 saturated carbocycles. The van der Waals surface area contributed by atoms with Gasteiger partial charge in [-0.25, -0.2) is 0 Å². The number of nitrogens with zero attached hydrogens (tertiary/aromatic N) is 1. The molecule has 0 spiro atoms. The van der Waals surface area contributed by atoms with E-state index in [1.807, 2.05) is 18.2 Å². The summed E-state index contributed by atoms with van der Waals surface area (Å²) >= 11 is 2.10. The summed E-state index contributed by atoms with van der Waals surface area (Å²) in [7, 11) is 0. The zero-order chi connectivity index (χ0) is 11.5. The maximum Gasteiger partial charge on any atom is 0.253 e. The minimum Gasteiger partial charge on any atom is -0.334 e. The highest BCUT2D eigenvalue weighted by atomic mass is 127. The zero-order valence-corrected chi connectivity index (χ0v) is 10.7. The first-order valence-electron chi connectivity index (χ1n) is 4.44. The number of carbonyl (C=O) groups is 1. The number of hydrogen-bond donors (Lipinski definition) is 1. The highest BCUT2D eigenvalue weighted by molar-refractivity contribution is 14.1. The summed E-state index contributed by atoms with van der Waals surface area (Å²) in [5.74, 6) is -0.216. The van der Waals surface area contributed by atoms with Gasteiger partial charge in [0.25, 0.3) is 5.91 Å². The van der Waals surface area contributed by atoms with E-state index in [0.717, 1.165) is 3.57 Å². The Hall–Kier alpha value is -1.09. The van der Waals surface area contributed by atoms with Crippen molar-refractivity contribution in [3.05, 3.63) is 33.4 Å². The van der Waals surface area contributed by atoms with Gasteiger partial charge in [0.15, 0.2) is 0 Å². The van der Waals surface area contributed by atoms with E-state index in [1.54, 1.807) is 26.0 Å². The minimum atomic E-state index is -0.837. The monoisotopic (exact) mass is 314 g/mol. The Labute approximate surface area is 103 Å². The standard InChI is InChI=1S/C11H11IN2O/c1-11(2,7-13)14-10(15)8-5-3-4-6-9(8)12/h3-6H,1-2H3,(H,14,15). The van der Waals surface area contributed by atoms with Gasteiger partial charge in [0.1, 0.15) is 5.54 Å². The van der Waals surface area contributed by atoms with E-state index in [1.165, 1.54) is 0 Å². The maximum absolute atomic E-state index is 11.8. The SMILES string of the molecule is CC(C)(C#N)NC(=O)c1ccccc1I. The van der Waals surface area contributed by atoms with Crippen LogP contribution in [0.5, 0.6) is 0 Å². The van der Waals surface area contributed by atoms with E-state index < -0.39 is 5.54 Å². The van der Waals surface area contributed by atoms with Gasteiger partial charge in [-0.1, -0.05) is 12.1 Å². The van der Waals surface area contributed by atoms with Gasteiger partial charge in [0.05, 0.1) is 11.6 Å². The van der Waals surface area contributed by atoms with Crippen molar-refractivity contribution < 1.29 is 4.79 Å². The van der Waals surface area contributed by atoms with E-state index in [-0.39, 0.29) is 5.91 Å². The lowest BCUT2D eigenvalue weighted by molar-refractivity contribution is 0.0928. The van der Waals surface area contributed by atoms with Crippen molar-refractivity contribution in [2.24, 2.45) is 0 Å². The molecular formula is C11H11IN2O. The van der Waals surface area contributed by atoms with Gasteiger partial charge < -0.3 is 5.32 Å². The van der Waals surface area contributed by atoms with Crippen LogP contribution in [0.25, 0.3) is 0 Å². The molecule has 0 unspecified atom stereocenters. The normalized spacial score (nSPS) is 10.5. The van der Waals surface area contributed by atoms with Crippen LogP contribution < -0.4 is 5.32 Å². The highest BCUT2D eigenvalue weighted by Gasteiger charge is 2.21. The largest absolute Gasteiger partial charge is 0.334 e. The molecule has 0 aromatic heterocycles. The van der Waals surface area contributed by atoms with E-state index in [9.17, 15) is 4.79 Å². The van der Waals surface area contributed by atoms with Gasteiger partial charge in [0, 0.05) is 3.57 Å². The Balaban J connectivity index is 2.89. The Morgan fingerprint density at radius 2 is 2.07 bits per heavy atom. The molecule has 1 N–H and O–H groups in total. The topological polar surface area (TPSA) is 52.9 Å². The lowest BCUT2D eigenvalue weighted by Gasteiger charge is -2.17. The quantitative estimate of drug-likeness (QED) is 0.852. The van der Waals surface area contributed by atoms with Crippen LogP contribution in [0.3, 0.4) is 0 Å². The van der Waals surface area contributed by atoms with E-state index in [0.29, 0.717) is 5.56 Å². The average molecular weight is 314 g/mol. The second kappa shape index (κ2) is 4.62. The molecule has 0 heterocycles. The number of amides is 1. The predicted molar refractivity (Wildman–Crippen MR) is 66.3 cm³/mol. The van der Waals surface area contributed by atoms with Gasteiger partial charge in [0.2, 0.25) is 0 Å². The first-order valence-corrected chi connectivity index (χ1v) is 5.52. The smallest absolute Gasteiger partial charge is 0.253 e. The van der Waals surface area contributed by atoms with Gasteiger partial charge in [-0.15, -0.1) is 0 Å². The fourth-order valence-electron chi connectivity index (χ4n) is 1.02. The van der Waals surface area contributed by atoms with Gasteiger partial charge in [-0.2, -0.15) is 5.26 Å². The summed E-state index contributed by atoms with van der Waals surface area (Å²) < 4.78 is 0.876. The van der Waals surface area contributed by atoms with E-state index in [4.69, 9.17) is 5.26 Å². The Bertz CT molecular complexity index is 421. The molecule has 0 bridgehead atoms. The molecular weight excluding hydrogens is 303 g/mol. The lowest BCUT2D eigenvalue weighted by Crippen LogP contribution is -2.42. The first kappa shape index (κ1) is 12.0. The third kappa shape index (κ3) is 3.20. The summed E-state index contributed by atoms with van der Waals surface area (Å²) in [6.07, 6.45) is 0. The van der Waals surface area contributed by atoms with Crippen molar-refractivity contribution in [2.75, 3.05) is 0 Å². The van der Waals surface area contributed by atoms with Crippen LogP contribution >= 0.6 is 22.6 Å². The van der Waals surface area contributed by atoms with Crippen LogP contribution in [-0.2, 0) is 0 Å². The lowest BCUT2D eigenvalue weighted by atomic mass is 10.1. The second-order valence-corrected chi connectivity index (χ2v) is 4.83. The van der Waals surface area contributed by atoms with Crippen molar-refractivity contribution in [1.29, 1.82) is 5.26 Å². The molecule has 1 aromatic carbocycles. The predicted octanol–water partition coefficient (Wildman–Crippen LogP) is 2.32. The summed E-state index contributed by atoms with van der Waals surface area (Å²) in [5.41, 5.74) is -0.239. The van der Waals surface area contributed by atoms with Crippen LogP contribution in [0.4, 0.5) is 0 Å². The summed E-state index contributed by atoms with van der Waals surface area (Å²) in [5, 5.41) is 11.5. The Kier molecular flexibility index (Phi) is 3.69. The fraction of sp³-hybridized carbons (Fsp3) is 0.273. The zero-order valence-electron chi connectivity index (χ0n) is 8.54. The molecule has 4 heteroatoms. The molecule has 0 atom stereocenters. The van der Waals surface area contributed by atoms with Gasteiger partial charge >= 0.3 is 0 Å². The van der Waals surface area contributed by atoms with Crippen LogP contribution in [-0.4, -0.2) is 11.4 Å². The third-order valence-electron chi connectivity index (χ3n) is 1.82. The van der Waals surface area contributed by atoms with Crippen molar-refractivity contribution in [2.45, 2.75) is 19.4 Å². The molecule has 0 radical (unpaired) electrons. The Morgan fingerprint density at radius 3 is 2.60 bits per heavy atom. The highest BCUT2D eigenvalue weighted by Crippen LogP contribution is 2.12. The number of rotatable bonds is 2. The summed E-state index contributed by atoms with van der Waals surface area (Å²) in [4.78, 5) is 11.8. The minimum absolute atomic E-state index is 0.216. The number of carbonyl (C=O) groups excluding carboxylic acids is 1. The van der Waals surface area contributed by atoms with Gasteiger partial charge in [-0.05, 0) is 48.6 Å². The van der Waals surface area contributed by atoms with E-state index >= 15 is 0 Å². The number of nitrogens with one attached hydrogen (secondary N) is 1. The molecule has 0 saturated heterocycles. The number of hydrogen-bond acceptors (Lipinski definition) is 2. The molecule has 0 aliphatic carbocycles. The summed E-state index contributed by atoms with van der Waals surface area (Å²) in [6, 6.07) is 9.29. The van der Waals surface area contributed by atoms with Crippen molar-refractivity contribution in [3.63, 3.8) is 0 Å². The molecule has 15 heavy (non-hydrogen) atoms. The average Bonchev–Trinajstić information content (AvgIpc) is 2.17. The molecule has 0 fully saturated rings. The second-order valence-electron chi connectivity index (χ2n) is 3.67. The Morgan fingerprint density at radius 1 is 1.47 bits per heavy atom. The third-order valence-corrected chi connectivity index (χ3v) is 2.76. The number of benzene rings is 1. The fourth-order valence-corrected chi connectivity index (χ4v) is 1.66.